The molecule has 1 aliphatic heterocycles. The number of hydrogen-bond donors (Lipinski definition) is 2. The van der Waals surface area contributed by atoms with Gasteiger partial charge >= 0.3 is 0 Å². The molecule has 1 unspecified atom stereocenters. The average molecular weight is 365 g/mol. The number of carbonyl (C=O) groups is 1. The first-order chi connectivity index (χ1) is 8.16. The molecule has 1 saturated heterocycles. The van der Waals surface area contributed by atoms with Gasteiger partial charge in [0.25, 0.3) is 5.91 Å². The summed E-state index contributed by atoms with van der Waals surface area (Å²) in [6.45, 7) is 1.89. The van der Waals surface area contributed by atoms with Crippen molar-refractivity contribution in [1.82, 2.24) is 10.6 Å². The number of amides is 1. The second-order valence-electron chi connectivity index (χ2n) is 4.15. The molecular formula is C12H14ClIN2O. The van der Waals surface area contributed by atoms with Crippen molar-refractivity contribution in [3.05, 3.63) is 32.4 Å². The van der Waals surface area contributed by atoms with Crippen molar-refractivity contribution in [2.45, 2.75) is 18.9 Å². The van der Waals surface area contributed by atoms with Crippen LogP contribution in [0.3, 0.4) is 0 Å². The van der Waals surface area contributed by atoms with Gasteiger partial charge in [-0.25, -0.2) is 0 Å². The van der Waals surface area contributed by atoms with Crippen molar-refractivity contribution < 1.29 is 4.79 Å². The van der Waals surface area contributed by atoms with Crippen molar-refractivity contribution in [3.63, 3.8) is 0 Å². The first-order valence-corrected chi connectivity index (χ1v) is 7.09. The van der Waals surface area contributed by atoms with Crippen molar-refractivity contribution in [3.8, 4) is 0 Å². The summed E-state index contributed by atoms with van der Waals surface area (Å²) in [5.74, 6) is -0.0444. The number of nitrogens with one attached hydrogen (secondary N) is 2. The number of rotatable bonds is 2. The van der Waals surface area contributed by atoms with Gasteiger partial charge in [-0.15, -0.1) is 0 Å². The molecule has 5 heteroatoms. The van der Waals surface area contributed by atoms with E-state index in [-0.39, 0.29) is 11.9 Å². The van der Waals surface area contributed by atoms with Gasteiger partial charge in [-0.05, 0) is 60.2 Å². The molecule has 0 spiro atoms. The van der Waals surface area contributed by atoms with E-state index in [0.29, 0.717) is 10.6 Å². The standard InChI is InChI=1S/C12H14ClIN2O/c13-10-6-8(3-4-11(10)14)12(17)16-9-2-1-5-15-7-9/h3-4,6,9,15H,1-2,5,7H2,(H,16,17). The number of piperidine rings is 1. The Bertz CT molecular complexity index is 419. The molecule has 0 aromatic heterocycles. The summed E-state index contributed by atoms with van der Waals surface area (Å²) < 4.78 is 0.958. The van der Waals surface area contributed by atoms with E-state index in [1.165, 1.54) is 0 Å². The van der Waals surface area contributed by atoms with E-state index in [1.54, 1.807) is 12.1 Å². The highest BCUT2D eigenvalue weighted by Crippen LogP contribution is 2.19. The highest BCUT2D eigenvalue weighted by molar-refractivity contribution is 14.1. The molecule has 0 saturated carbocycles. The van der Waals surface area contributed by atoms with Gasteiger partial charge in [-0.3, -0.25) is 4.79 Å². The molecule has 0 radical (unpaired) electrons. The van der Waals surface area contributed by atoms with Gasteiger partial charge in [0.1, 0.15) is 0 Å². The maximum absolute atomic E-state index is 12.0. The Kier molecular flexibility index (Phi) is 4.64. The molecule has 1 heterocycles. The smallest absolute Gasteiger partial charge is 0.251 e. The van der Waals surface area contributed by atoms with E-state index >= 15 is 0 Å². The van der Waals surface area contributed by atoms with Gasteiger partial charge in [0.15, 0.2) is 0 Å². The normalized spacial score (nSPS) is 20.0. The van der Waals surface area contributed by atoms with E-state index < -0.39 is 0 Å². The van der Waals surface area contributed by atoms with Crippen LogP contribution in [0.2, 0.25) is 5.02 Å². The zero-order valence-electron chi connectivity index (χ0n) is 9.30. The maximum atomic E-state index is 12.0. The minimum Gasteiger partial charge on any atom is -0.348 e. The second-order valence-corrected chi connectivity index (χ2v) is 5.72. The van der Waals surface area contributed by atoms with Crippen LogP contribution in [0.4, 0.5) is 0 Å². The van der Waals surface area contributed by atoms with E-state index in [1.807, 2.05) is 6.07 Å². The molecule has 17 heavy (non-hydrogen) atoms. The van der Waals surface area contributed by atoms with Gasteiger partial charge in [-0.2, -0.15) is 0 Å². The molecule has 1 fully saturated rings. The third-order valence-corrected chi connectivity index (χ3v) is 4.39. The van der Waals surface area contributed by atoms with E-state index in [4.69, 9.17) is 11.6 Å². The quantitative estimate of drug-likeness (QED) is 0.792. The first-order valence-electron chi connectivity index (χ1n) is 5.63. The lowest BCUT2D eigenvalue weighted by Crippen LogP contribution is -2.45. The fourth-order valence-electron chi connectivity index (χ4n) is 1.88. The Hall–Kier alpha value is -0.330. The molecule has 1 aromatic rings. The fourth-order valence-corrected chi connectivity index (χ4v) is 2.40. The molecule has 2 N–H and O–H groups in total. The molecule has 1 aliphatic rings. The molecule has 3 nitrogen and oxygen atoms in total. The summed E-state index contributed by atoms with van der Waals surface area (Å²) >= 11 is 8.15. The number of halogens is 2. The highest BCUT2D eigenvalue weighted by Gasteiger charge is 2.16. The molecule has 1 aromatic carbocycles. The summed E-state index contributed by atoms with van der Waals surface area (Å²) in [6, 6.07) is 5.61. The molecule has 92 valence electrons. The minimum absolute atomic E-state index is 0.0444. The Morgan fingerprint density at radius 3 is 3.00 bits per heavy atom. The molecule has 1 amide bonds. The summed E-state index contributed by atoms with van der Waals surface area (Å²) in [4.78, 5) is 12.0. The van der Waals surface area contributed by atoms with Crippen LogP contribution < -0.4 is 10.6 Å². The summed E-state index contributed by atoms with van der Waals surface area (Å²) in [5, 5.41) is 6.91. The number of carbonyl (C=O) groups excluding carboxylic acids is 1. The van der Waals surface area contributed by atoms with Crippen LogP contribution in [-0.4, -0.2) is 25.0 Å². The SMILES string of the molecule is O=C(NC1CCCNC1)c1ccc(I)c(Cl)c1. The Labute approximate surface area is 119 Å². The monoisotopic (exact) mass is 364 g/mol. The van der Waals surface area contributed by atoms with Gasteiger partial charge in [0.2, 0.25) is 0 Å². The predicted octanol–water partition coefficient (Wildman–Crippen LogP) is 2.43. The van der Waals surface area contributed by atoms with Crippen molar-refractivity contribution in [1.29, 1.82) is 0 Å². The van der Waals surface area contributed by atoms with Gasteiger partial charge < -0.3 is 10.6 Å². The molecular weight excluding hydrogens is 351 g/mol. The molecule has 0 bridgehead atoms. The fraction of sp³-hybridized carbons (Fsp3) is 0.417. The van der Waals surface area contributed by atoms with Crippen molar-refractivity contribution in [2.75, 3.05) is 13.1 Å². The van der Waals surface area contributed by atoms with Crippen molar-refractivity contribution in [2.24, 2.45) is 0 Å². The molecule has 1 atom stereocenters. The highest BCUT2D eigenvalue weighted by atomic mass is 127. The third kappa shape index (κ3) is 3.56. The molecule has 2 rings (SSSR count). The third-order valence-electron chi connectivity index (χ3n) is 2.81. The van der Waals surface area contributed by atoms with Crippen LogP contribution in [0.15, 0.2) is 18.2 Å². The first kappa shape index (κ1) is 13.1. The van der Waals surface area contributed by atoms with Crippen LogP contribution in [0.1, 0.15) is 23.2 Å². The van der Waals surface area contributed by atoms with Crippen molar-refractivity contribution >= 4 is 40.1 Å². The van der Waals surface area contributed by atoms with E-state index in [0.717, 1.165) is 29.5 Å². The maximum Gasteiger partial charge on any atom is 0.251 e. The summed E-state index contributed by atoms with van der Waals surface area (Å²) in [6.07, 6.45) is 2.15. The average Bonchev–Trinajstić information content (AvgIpc) is 2.34. The number of benzene rings is 1. The van der Waals surface area contributed by atoms with Gasteiger partial charge in [0.05, 0.1) is 5.02 Å². The van der Waals surface area contributed by atoms with Crippen LogP contribution in [0.25, 0.3) is 0 Å². The molecule has 0 aliphatic carbocycles. The lowest BCUT2D eigenvalue weighted by atomic mass is 10.1. The zero-order chi connectivity index (χ0) is 12.3. The number of hydrogen-bond acceptors (Lipinski definition) is 2. The van der Waals surface area contributed by atoms with E-state index in [2.05, 4.69) is 33.2 Å². The topological polar surface area (TPSA) is 41.1 Å². The Balaban J connectivity index is 2.01. The van der Waals surface area contributed by atoms with Gasteiger partial charge in [-0.1, -0.05) is 11.6 Å². The van der Waals surface area contributed by atoms with E-state index in [9.17, 15) is 4.79 Å². The minimum atomic E-state index is -0.0444. The van der Waals surface area contributed by atoms with Crippen LogP contribution in [0.5, 0.6) is 0 Å². The summed E-state index contributed by atoms with van der Waals surface area (Å²) in [7, 11) is 0. The van der Waals surface area contributed by atoms with Crippen LogP contribution in [0, 0.1) is 3.57 Å². The Morgan fingerprint density at radius 2 is 2.35 bits per heavy atom. The zero-order valence-corrected chi connectivity index (χ0v) is 12.2. The summed E-state index contributed by atoms with van der Waals surface area (Å²) in [5.41, 5.74) is 0.626. The predicted molar refractivity (Wildman–Crippen MR) is 77.5 cm³/mol. The largest absolute Gasteiger partial charge is 0.348 e. The van der Waals surface area contributed by atoms with Crippen LogP contribution in [-0.2, 0) is 0 Å². The Morgan fingerprint density at radius 1 is 1.53 bits per heavy atom. The van der Waals surface area contributed by atoms with Crippen LogP contribution >= 0.6 is 34.2 Å². The lowest BCUT2D eigenvalue weighted by molar-refractivity contribution is 0.0930. The van der Waals surface area contributed by atoms with Gasteiger partial charge in [0, 0.05) is 21.7 Å². The lowest BCUT2D eigenvalue weighted by Gasteiger charge is -2.23. The second kappa shape index (κ2) is 6.02.